The summed E-state index contributed by atoms with van der Waals surface area (Å²) in [5, 5.41) is 2.58. The fraction of sp³-hybridized carbons (Fsp3) is 0.143. The van der Waals surface area contributed by atoms with E-state index in [0.29, 0.717) is 29.3 Å². The van der Waals surface area contributed by atoms with Gasteiger partial charge in [-0.15, -0.1) is 0 Å². The van der Waals surface area contributed by atoms with Gasteiger partial charge < -0.3 is 15.8 Å². The smallest absolute Gasteiger partial charge is 0.416 e. The zero-order valence-corrected chi connectivity index (χ0v) is 11.0. The average molecular weight is 300 g/mol. The van der Waals surface area contributed by atoms with Gasteiger partial charge in [-0.2, -0.15) is 13.2 Å². The molecule has 0 fully saturated rings. The number of hydrogen-bond acceptors (Lipinski definition) is 3. The first-order chi connectivity index (χ1) is 9.81. The van der Waals surface area contributed by atoms with E-state index in [-0.39, 0.29) is 5.69 Å². The van der Waals surface area contributed by atoms with Crippen LogP contribution in [0.5, 0.6) is 5.75 Å². The average Bonchev–Trinajstić information content (AvgIpc) is 2.42. The molecular weight excluding hydrogens is 288 g/mol. The van der Waals surface area contributed by atoms with Crippen molar-refractivity contribution in [3.63, 3.8) is 0 Å². The molecule has 0 radical (unpaired) electrons. The standard InChI is InChI=1S/C14H12F4N2O/c1-21-13-7-9(3-5-11(13)19)20-12-6-8(14(16,17)18)2-4-10(12)15/h2-7,20H,19H2,1H3. The van der Waals surface area contributed by atoms with Crippen LogP contribution in [0, 0.1) is 5.82 Å². The van der Waals surface area contributed by atoms with E-state index < -0.39 is 17.6 Å². The van der Waals surface area contributed by atoms with Crippen LogP contribution in [0.15, 0.2) is 36.4 Å². The third-order valence-electron chi connectivity index (χ3n) is 2.81. The van der Waals surface area contributed by atoms with Gasteiger partial charge in [-0.25, -0.2) is 4.39 Å². The molecule has 0 aliphatic carbocycles. The van der Waals surface area contributed by atoms with Gasteiger partial charge in [-0.3, -0.25) is 0 Å². The second-order valence-electron chi connectivity index (χ2n) is 4.27. The Morgan fingerprint density at radius 3 is 2.43 bits per heavy atom. The molecule has 0 bridgehead atoms. The molecule has 0 amide bonds. The molecule has 0 aromatic heterocycles. The zero-order chi connectivity index (χ0) is 15.6. The Morgan fingerprint density at radius 1 is 1.10 bits per heavy atom. The molecule has 112 valence electrons. The van der Waals surface area contributed by atoms with E-state index in [1.165, 1.54) is 25.3 Å². The predicted molar refractivity (Wildman–Crippen MR) is 72.1 cm³/mol. The Bertz CT molecular complexity index is 656. The number of halogens is 4. The summed E-state index contributed by atoms with van der Waals surface area (Å²) >= 11 is 0. The molecule has 0 aliphatic heterocycles. The molecule has 0 heterocycles. The summed E-state index contributed by atoms with van der Waals surface area (Å²) in [5.41, 5.74) is 5.14. The molecule has 2 aromatic carbocycles. The van der Waals surface area contributed by atoms with Gasteiger partial charge >= 0.3 is 6.18 Å². The lowest BCUT2D eigenvalue weighted by Crippen LogP contribution is -2.06. The Balaban J connectivity index is 2.35. The lowest BCUT2D eigenvalue weighted by Gasteiger charge is -2.13. The van der Waals surface area contributed by atoms with Gasteiger partial charge in [-0.1, -0.05) is 0 Å². The Hall–Kier alpha value is -2.44. The Kier molecular flexibility index (Phi) is 3.93. The molecule has 3 N–H and O–H groups in total. The minimum absolute atomic E-state index is 0.281. The second kappa shape index (κ2) is 5.51. The van der Waals surface area contributed by atoms with Crippen LogP contribution in [0.1, 0.15) is 5.56 Å². The van der Waals surface area contributed by atoms with Crippen LogP contribution in [-0.2, 0) is 6.18 Å². The fourth-order valence-corrected chi connectivity index (χ4v) is 1.74. The van der Waals surface area contributed by atoms with Crippen molar-refractivity contribution in [1.29, 1.82) is 0 Å². The number of ether oxygens (including phenoxy) is 1. The first-order valence-corrected chi connectivity index (χ1v) is 5.88. The molecule has 7 heteroatoms. The summed E-state index contributed by atoms with van der Waals surface area (Å²) in [4.78, 5) is 0. The van der Waals surface area contributed by atoms with Crippen molar-refractivity contribution in [3.05, 3.63) is 47.8 Å². The van der Waals surface area contributed by atoms with E-state index in [9.17, 15) is 17.6 Å². The molecule has 3 nitrogen and oxygen atoms in total. The molecule has 21 heavy (non-hydrogen) atoms. The van der Waals surface area contributed by atoms with E-state index in [2.05, 4.69) is 5.32 Å². The van der Waals surface area contributed by atoms with Gasteiger partial charge in [0.15, 0.2) is 0 Å². The van der Waals surface area contributed by atoms with Gasteiger partial charge in [0.1, 0.15) is 11.6 Å². The van der Waals surface area contributed by atoms with E-state index in [1.807, 2.05) is 0 Å². The maximum atomic E-state index is 13.6. The first kappa shape index (κ1) is 15.0. The Labute approximate surface area is 118 Å². The van der Waals surface area contributed by atoms with Crippen LogP contribution in [0.4, 0.5) is 34.6 Å². The van der Waals surface area contributed by atoms with Crippen molar-refractivity contribution in [2.24, 2.45) is 0 Å². The van der Waals surface area contributed by atoms with E-state index in [1.54, 1.807) is 0 Å². The maximum Gasteiger partial charge on any atom is 0.416 e. The number of nitrogens with two attached hydrogens (primary N) is 1. The van der Waals surface area contributed by atoms with Crippen molar-refractivity contribution in [3.8, 4) is 5.75 Å². The number of hydrogen-bond donors (Lipinski definition) is 2. The highest BCUT2D eigenvalue weighted by molar-refractivity contribution is 5.67. The Morgan fingerprint density at radius 2 is 1.81 bits per heavy atom. The van der Waals surface area contributed by atoms with E-state index in [4.69, 9.17) is 10.5 Å². The molecule has 0 unspecified atom stereocenters. The van der Waals surface area contributed by atoms with Gasteiger partial charge in [0, 0.05) is 11.8 Å². The number of benzene rings is 2. The number of alkyl halides is 3. The summed E-state index contributed by atoms with van der Waals surface area (Å²) in [6.07, 6.45) is -4.54. The summed E-state index contributed by atoms with van der Waals surface area (Å²) in [6.45, 7) is 0. The SMILES string of the molecule is COc1cc(Nc2cc(C(F)(F)F)ccc2F)ccc1N. The number of methoxy groups -OCH3 is 1. The number of rotatable bonds is 3. The summed E-state index contributed by atoms with van der Waals surface area (Å²) in [5.74, 6) is -0.453. The molecule has 2 aromatic rings. The largest absolute Gasteiger partial charge is 0.495 e. The lowest BCUT2D eigenvalue weighted by atomic mass is 10.1. The van der Waals surface area contributed by atoms with Gasteiger partial charge in [0.05, 0.1) is 24.0 Å². The van der Waals surface area contributed by atoms with Crippen LogP contribution in [0.3, 0.4) is 0 Å². The van der Waals surface area contributed by atoms with Gasteiger partial charge in [0.2, 0.25) is 0 Å². The van der Waals surface area contributed by atoms with E-state index in [0.717, 1.165) is 6.07 Å². The minimum Gasteiger partial charge on any atom is -0.495 e. The van der Waals surface area contributed by atoms with Crippen LogP contribution < -0.4 is 15.8 Å². The highest BCUT2D eigenvalue weighted by Crippen LogP contribution is 2.33. The summed E-state index contributed by atoms with van der Waals surface area (Å²) < 4.78 is 56.5. The van der Waals surface area contributed by atoms with Gasteiger partial charge in [-0.05, 0) is 30.3 Å². The summed E-state index contributed by atoms with van der Waals surface area (Å²) in [6, 6.07) is 6.64. The zero-order valence-electron chi connectivity index (χ0n) is 11.0. The van der Waals surface area contributed by atoms with E-state index >= 15 is 0 Å². The monoisotopic (exact) mass is 300 g/mol. The number of anilines is 3. The molecule has 0 atom stereocenters. The highest BCUT2D eigenvalue weighted by Gasteiger charge is 2.31. The third-order valence-corrected chi connectivity index (χ3v) is 2.81. The van der Waals surface area contributed by atoms with Gasteiger partial charge in [0.25, 0.3) is 0 Å². The van der Waals surface area contributed by atoms with Crippen LogP contribution in [-0.4, -0.2) is 7.11 Å². The molecule has 0 spiro atoms. The van der Waals surface area contributed by atoms with Crippen molar-refractivity contribution >= 4 is 17.1 Å². The number of nitrogen functional groups attached to an aromatic ring is 1. The second-order valence-corrected chi connectivity index (χ2v) is 4.27. The van der Waals surface area contributed by atoms with Crippen molar-refractivity contribution in [2.45, 2.75) is 6.18 Å². The third kappa shape index (κ3) is 3.36. The molecule has 2 rings (SSSR count). The lowest BCUT2D eigenvalue weighted by molar-refractivity contribution is -0.137. The molecular formula is C14H12F4N2O. The fourth-order valence-electron chi connectivity index (χ4n) is 1.74. The normalized spacial score (nSPS) is 11.3. The highest BCUT2D eigenvalue weighted by atomic mass is 19.4. The first-order valence-electron chi connectivity index (χ1n) is 5.88. The quantitative estimate of drug-likeness (QED) is 0.660. The van der Waals surface area contributed by atoms with Crippen molar-refractivity contribution in [1.82, 2.24) is 0 Å². The number of nitrogens with one attached hydrogen (secondary N) is 1. The van der Waals surface area contributed by atoms with Crippen molar-refractivity contribution in [2.75, 3.05) is 18.2 Å². The summed E-state index contributed by atoms with van der Waals surface area (Å²) in [7, 11) is 1.40. The predicted octanol–water partition coefficient (Wildman–Crippen LogP) is 4.18. The van der Waals surface area contributed by atoms with Crippen LogP contribution in [0.2, 0.25) is 0 Å². The van der Waals surface area contributed by atoms with Crippen molar-refractivity contribution < 1.29 is 22.3 Å². The molecule has 0 saturated heterocycles. The topological polar surface area (TPSA) is 47.3 Å². The maximum absolute atomic E-state index is 13.6. The molecule has 0 saturated carbocycles. The minimum atomic E-state index is -4.54. The van der Waals surface area contributed by atoms with Crippen LogP contribution >= 0.6 is 0 Å². The van der Waals surface area contributed by atoms with Crippen LogP contribution in [0.25, 0.3) is 0 Å². The molecule has 0 aliphatic rings.